The number of amides is 1. The Morgan fingerprint density at radius 1 is 1.22 bits per heavy atom. The van der Waals surface area contributed by atoms with Crippen molar-refractivity contribution in [3.05, 3.63) is 36.3 Å². The number of hydrogen-bond donors (Lipinski definition) is 2. The quantitative estimate of drug-likeness (QED) is 0.531. The molecule has 0 bridgehead atoms. The molecule has 0 aliphatic heterocycles. The molecule has 27 heavy (non-hydrogen) atoms. The van der Waals surface area contributed by atoms with Crippen LogP contribution in [0.1, 0.15) is 25.6 Å². The fraction of sp³-hybridized carbons (Fsp3) is 0.421. The van der Waals surface area contributed by atoms with Gasteiger partial charge in [-0.05, 0) is 12.5 Å². The maximum atomic E-state index is 10.4. The van der Waals surface area contributed by atoms with E-state index < -0.39 is 6.09 Å². The van der Waals surface area contributed by atoms with Gasteiger partial charge < -0.3 is 20.0 Å². The van der Waals surface area contributed by atoms with Crippen LogP contribution in [0.25, 0.3) is 21.9 Å². The second-order valence-corrected chi connectivity index (χ2v) is 6.11. The lowest BCUT2D eigenvalue weighted by molar-refractivity contribution is 0.0407. The summed E-state index contributed by atoms with van der Waals surface area (Å²) in [5.74, 6) is 0.873. The number of nitrogens with zero attached hydrogens (tertiary/aromatic N) is 3. The van der Waals surface area contributed by atoms with E-state index in [1.54, 1.807) is 10.9 Å². The molecule has 144 valence electrons. The molecule has 0 radical (unpaired) electrons. The number of carbonyl (C=O) groups is 1. The fourth-order valence-corrected chi connectivity index (χ4v) is 2.88. The van der Waals surface area contributed by atoms with Gasteiger partial charge in [-0.15, -0.1) is 0 Å². The van der Waals surface area contributed by atoms with Crippen molar-refractivity contribution in [3.8, 4) is 0 Å². The maximum Gasteiger partial charge on any atom is 0.404 e. The molecule has 0 saturated carbocycles. The third-order valence-electron chi connectivity index (χ3n) is 4.14. The van der Waals surface area contributed by atoms with Crippen molar-refractivity contribution in [3.63, 3.8) is 0 Å². The summed E-state index contributed by atoms with van der Waals surface area (Å²) in [5.41, 5.74) is 2.62. The van der Waals surface area contributed by atoms with Crippen LogP contribution in [-0.2, 0) is 11.2 Å². The third-order valence-corrected chi connectivity index (χ3v) is 4.14. The smallest absolute Gasteiger partial charge is 0.404 e. The molecule has 0 saturated heterocycles. The maximum absolute atomic E-state index is 10.4. The Balaban J connectivity index is 1.75. The number of imidazole rings is 1. The first-order valence-electron chi connectivity index (χ1n) is 9.13. The summed E-state index contributed by atoms with van der Waals surface area (Å²) in [5, 5.41) is 11.8. The van der Waals surface area contributed by atoms with E-state index in [0.717, 1.165) is 47.0 Å². The average molecular weight is 372 g/mol. The van der Waals surface area contributed by atoms with E-state index in [-0.39, 0.29) is 6.54 Å². The minimum absolute atomic E-state index is 0.251. The number of nitrogens with one attached hydrogen (secondary N) is 1. The van der Waals surface area contributed by atoms with Crippen LogP contribution in [-0.4, -0.2) is 52.3 Å². The predicted molar refractivity (Wildman–Crippen MR) is 102 cm³/mol. The molecule has 8 nitrogen and oxygen atoms in total. The zero-order valence-electron chi connectivity index (χ0n) is 15.4. The van der Waals surface area contributed by atoms with E-state index in [4.69, 9.17) is 19.7 Å². The molecule has 0 atom stereocenters. The molecule has 1 amide bonds. The third kappa shape index (κ3) is 4.65. The van der Waals surface area contributed by atoms with Crippen LogP contribution >= 0.6 is 0 Å². The lowest BCUT2D eigenvalue weighted by Gasteiger charge is -2.12. The van der Waals surface area contributed by atoms with Crippen LogP contribution in [0.3, 0.4) is 0 Å². The molecule has 8 heteroatoms. The van der Waals surface area contributed by atoms with Gasteiger partial charge in [0.1, 0.15) is 23.5 Å². The summed E-state index contributed by atoms with van der Waals surface area (Å²) in [7, 11) is 0. The molecule has 2 N–H and O–H groups in total. The number of aryl methyl sites for hydroxylation is 1. The number of aromatic nitrogens is 3. The number of para-hydroxylation sites is 1. The Labute approximate surface area is 157 Å². The van der Waals surface area contributed by atoms with Crippen molar-refractivity contribution in [1.29, 1.82) is 0 Å². The summed E-state index contributed by atoms with van der Waals surface area (Å²) in [6.07, 6.45) is 3.64. The van der Waals surface area contributed by atoms with Crippen molar-refractivity contribution in [2.24, 2.45) is 0 Å². The van der Waals surface area contributed by atoms with E-state index in [1.165, 1.54) is 0 Å². The van der Waals surface area contributed by atoms with Gasteiger partial charge in [0.15, 0.2) is 0 Å². The minimum Gasteiger partial charge on any atom is -0.465 e. The van der Waals surface area contributed by atoms with E-state index in [1.807, 2.05) is 24.3 Å². The fourth-order valence-electron chi connectivity index (χ4n) is 2.88. The van der Waals surface area contributed by atoms with Crippen LogP contribution in [0.2, 0.25) is 0 Å². The van der Waals surface area contributed by atoms with Gasteiger partial charge >= 0.3 is 6.09 Å². The molecule has 0 aliphatic rings. The van der Waals surface area contributed by atoms with Crippen LogP contribution < -0.4 is 10.2 Å². The average Bonchev–Trinajstić information content (AvgIpc) is 3.03. The predicted octanol–water partition coefficient (Wildman–Crippen LogP) is 2.64. The van der Waals surface area contributed by atoms with Crippen molar-refractivity contribution in [2.45, 2.75) is 26.2 Å². The van der Waals surface area contributed by atoms with Crippen LogP contribution in [0.15, 0.2) is 30.5 Å². The monoisotopic (exact) mass is 372 g/mol. The Morgan fingerprint density at radius 3 is 2.89 bits per heavy atom. The molecule has 0 unspecified atom stereocenters. The van der Waals surface area contributed by atoms with E-state index >= 15 is 0 Å². The zero-order chi connectivity index (χ0) is 19.1. The van der Waals surface area contributed by atoms with Crippen LogP contribution in [0.4, 0.5) is 4.79 Å². The molecule has 2 heterocycles. The summed E-state index contributed by atoms with van der Waals surface area (Å²) < 4.78 is 7.21. The lowest BCUT2D eigenvalue weighted by atomic mass is 10.2. The van der Waals surface area contributed by atoms with Gasteiger partial charge in [0.05, 0.1) is 24.9 Å². The molecule has 3 aromatic rings. The first kappa shape index (κ1) is 18.9. The highest BCUT2D eigenvalue weighted by atomic mass is 16.7. The van der Waals surface area contributed by atoms with Crippen molar-refractivity contribution in [2.75, 3.05) is 26.4 Å². The molecule has 3 rings (SSSR count). The molecular weight excluding hydrogens is 348 g/mol. The topological polar surface area (TPSA) is 98.5 Å². The molecule has 2 aromatic heterocycles. The Morgan fingerprint density at radius 2 is 2.07 bits per heavy atom. The Bertz CT molecular complexity index is 909. The molecule has 0 fully saturated rings. The zero-order valence-corrected chi connectivity index (χ0v) is 15.4. The molecule has 0 spiro atoms. The number of benzene rings is 1. The first-order chi connectivity index (χ1) is 13.2. The number of unbranched alkanes of at least 4 members (excludes halogenated alkanes) is 1. The molecule has 0 aliphatic carbocycles. The van der Waals surface area contributed by atoms with Gasteiger partial charge in [-0.1, -0.05) is 31.5 Å². The molecular formula is C19H24N4O4. The minimum atomic E-state index is -1.05. The number of pyridine rings is 1. The number of carboxylic acid groups (broad SMARTS) is 1. The van der Waals surface area contributed by atoms with Crippen molar-refractivity contribution >= 4 is 28.0 Å². The lowest BCUT2D eigenvalue weighted by Crippen LogP contribution is -2.26. The second kappa shape index (κ2) is 9.18. The van der Waals surface area contributed by atoms with Gasteiger partial charge in [-0.2, -0.15) is 4.73 Å². The van der Waals surface area contributed by atoms with E-state index in [2.05, 4.69) is 17.2 Å². The highest BCUT2D eigenvalue weighted by molar-refractivity contribution is 6.02. The summed E-state index contributed by atoms with van der Waals surface area (Å²) >= 11 is 0. The summed E-state index contributed by atoms with van der Waals surface area (Å²) in [6, 6.07) is 7.92. The summed E-state index contributed by atoms with van der Waals surface area (Å²) in [6.45, 7) is 3.40. The Kier molecular flexibility index (Phi) is 6.43. The number of rotatable bonds is 10. The van der Waals surface area contributed by atoms with E-state index in [9.17, 15) is 4.79 Å². The normalized spacial score (nSPS) is 11.1. The van der Waals surface area contributed by atoms with Crippen molar-refractivity contribution < 1.29 is 19.5 Å². The van der Waals surface area contributed by atoms with Crippen molar-refractivity contribution in [1.82, 2.24) is 20.0 Å². The largest absolute Gasteiger partial charge is 0.465 e. The van der Waals surface area contributed by atoms with Gasteiger partial charge in [-0.25, -0.2) is 9.78 Å². The van der Waals surface area contributed by atoms with Gasteiger partial charge in [0, 0.05) is 18.4 Å². The van der Waals surface area contributed by atoms with Crippen LogP contribution in [0.5, 0.6) is 0 Å². The first-order valence-corrected chi connectivity index (χ1v) is 9.13. The second-order valence-electron chi connectivity index (χ2n) is 6.11. The summed E-state index contributed by atoms with van der Waals surface area (Å²) in [4.78, 5) is 25.6. The van der Waals surface area contributed by atoms with Gasteiger partial charge in [0.2, 0.25) is 0 Å². The SMILES string of the molecule is CCCCc1nc2cnc3ccccc3c2n1OCCOCCNC(=O)O. The Hall–Kier alpha value is -2.87. The highest BCUT2D eigenvalue weighted by Gasteiger charge is 2.15. The van der Waals surface area contributed by atoms with Gasteiger partial charge in [-0.3, -0.25) is 4.98 Å². The number of ether oxygens (including phenoxy) is 1. The van der Waals surface area contributed by atoms with Crippen LogP contribution in [0, 0.1) is 0 Å². The standard InChI is InChI=1S/C19H24N4O4/c1-2-3-8-17-22-16-13-21-15-7-5-4-6-14(15)18(16)23(17)27-12-11-26-10-9-20-19(24)25/h4-7,13,20H,2-3,8-12H2,1H3,(H,24,25). The van der Waals surface area contributed by atoms with E-state index in [0.29, 0.717) is 19.8 Å². The molecule has 1 aromatic carbocycles. The highest BCUT2D eigenvalue weighted by Crippen LogP contribution is 2.24. The van der Waals surface area contributed by atoms with Gasteiger partial charge in [0.25, 0.3) is 0 Å². The number of hydrogen-bond acceptors (Lipinski definition) is 5. The number of fused-ring (bicyclic) bond motifs is 3.